The van der Waals surface area contributed by atoms with Crippen LogP contribution in [0.2, 0.25) is 0 Å². The molecule has 1 aliphatic rings. The topological polar surface area (TPSA) is 90.2 Å². The van der Waals surface area contributed by atoms with Crippen molar-refractivity contribution in [2.24, 2.45) is 0 Å². The number of nitrogens with one attached hydrogen (secondary N) is 3. The van der Waals surface area contributed by atoms with Crippen LogP contribution in [0.3, 0.4) is 0 Å². The Labute approximate surface area is 156 Å². The van der Waals surface area contributed by atoms with Crippen molar-refractivity contribution in [3.63, 3.8) is 0 Å². The summed E-state index contributed by atoms with van der Waals surface area (Å²) in [5.41, 5.74) is 2.87. The number of H-pyrrole nitrogens is 2. The van der Waals surface area contributed by atoms with Crippen molar-refractivity contribution >= 4 is 29.5 Å². The first-order chi connectivity index (χ1) is 12.5. The molecule has 8 heteroatoms. The van der Waals surface area contributed by atoms with Gasteiger partial charge in [0.1, 0.15) is 0 Å². The quantitative estimate of drug-likeness (QED) is 0.698. The minimum Gasteiger partial charge on any atom is -0.378 e. The van der Waals surface area contributed by atoms with Gasteiger partial charge in [-0.1, -0.05) is 0 Å². The summed E-state index contributed by atoms with van der Waals surface area (Å²) in [4.78, 5) is 31.8. The van der Waals surface area contributed by atoms with Gasteiger partial charge in [-0.2, -0.15) is 0 Å². The fraction of sp³-hybridized carbons (Fsp3) is 0.389. The normalized spacial score (nSPS) is 14.3. The number of hydrogen-bond acceptors (Lipinski definition) is 5. The van der Waals surface area contributed by atoms with E-state index in [1.807, 2.05) is 24.3 Å². The van der Waals surface area contributed by atoms with Gasteiger partial charge < -0.3 is 19.9 Å². The lowest BCUT2D eigenvalue weighted by atomic mass is 10.1. The third kappa shape index (κ3) is 4.59. The molecule has 1 saturated heterocycles. The van der Waals surface area contributed by atoms with E-state index < -0.39 is 0 Å². The van der Waals surface area contributed by atoms with Gasteiger partial charge in [0.05, 0.1) is 13.2 Å². The molecule has 1 fully saturated rings. The summed E-state index contributed by atoms with van der Waals surface area (Å²) in [5, 5.41) is 2.87. The van der Waals surface area contributed by atoms with E-state index in [0.717, 1.165) is 37.7 Å². The number of amides is 1. The van der Waals surface area contributed by atoms with Crippen molar-refractivity contribution in [1.82, 2.24) is 9.97 Å². The molecule has 1 aliphatic heterocycles. The highest BCUT2D eigenvalue weighted by Crippen LogP contribution is 2.19. The fourth-order valence-electron chi connectivity index (χ4n) is 2.97. The molecule has 0 radical (unpaired) electrons. The molecule has 1 amide bonds. The van der Waals surface area contributed by atoms with Gasteiger partial charge in [-0.15, -0.1) is 0 Å². The molecule has 1 aromatic heterocycles. The lowest BCUT2D eigenvalue weighted by molar-refractivity contribution is -0.116. The van der Waals surface area contributed by atoms with Gasteiger partial charge in [0, 0.05) is 42.1 Å². The zero-order valence-electron chi connectivity index (χ0n) is 14.6. The van der Waals surface area contributed by atoms with E-state index in [-0.39, 0.29) is 17.9 Å². The molecule has 0 spiro atoms. The van der Waals surface area contributed by atoms with Crippen molar-refractivity contribution in [3.8, 4) is 0 Å². The van der Waals surface area contributed by atoms with Crippen molar-refractivity contribution < 1.29 is 9.53 Å². The first-order valence-electron chi connectivity index (χ1n) is 8.57. The van der Waals surface area contributed by atoms with Crippen LogP contribution in [-0.4, -0.2) is 42.2 Å². The number of rotatable bonds is 5. The van der Waals surface area contributed by atoms with E-state index in [1.165, 1.54) is 0 Å². The summed E-state index contributed by atoms with van der Waals surface area (Å²) >= 11 is 4.93. The number of hydrogen-bond donors (Lipinski definition) is 3. The second-order valence-electron chi connectivity index (χ2n) is 6.21. The van der Waals surface area contributed by atoms with Crippen LogP contribution in [-0.2, 0) is 16.0 Å². The van der Waals surface area contributed by atoms with Crippen molar-refractivity contribution in [1.29, 1.82) is 0 Å². The highest BCUT2D eigenvalue weighted by atomic mass is 32.1. The molecule has 2 aromatic rings. The Bertz CT molecular complexity index is 883. The molecule has 3 rings (SSSR count). The Morgan fingerprint density at radius 2 is 1.92 bits per heavy atom. The summed E-state index contributed by atoms with van der Waals surface area (Å²) in [5.74, 6) is -0.134. The molecule has 26 heavy (non-hydrogen) atoms. The number of benzene rings is 1. The summed E-state index contributed by atoms with van der Waals surface area (Å²) in [7, 11) is 0. The lowest BCUT2D eigenvalue weighted by Gasteiger charge is -2.28. The van der Waals surface area contributed by atoms with Gasteiger partial charge >= 0.3 is 0 Å². The number of anilines is 2. The minimum absolute atomic E-state index is 0.134. The van der Waals surface area contributed by atoms with Gasteiger partial charge in [0.15, 0.2) is 4.77 Å². The number of aromatic nitrogens is 2. The number of morpholine rings is 1. The maximum atomic E-state index is 12.2. The second-order valence-corrected chi connectivity index (χ2v) is 6.61. The Kier molecular flexibility index (Phi) is 5.85. The number of aromatic amines is 2. The molecule has 0 saturated carbocycles. The Morgan fingerprint density at radius 3 is 2.58 bits per heavy atom. The minimum atomic E-state index is -0.242. The maximum absolute atomic E-state index is 12.2. The molecule has 2 heterocycles. The molecule has 0 bridgehead atoms. The number of carbonyl (C=O) groups is 1. The third-order valence-electron chi connectivity index (χ3n) is 4.38. The largest absolute Gasteiger partial charge is 0.378 e. The average Bonchev–Trinajstić information content (AvgIpc) is 2.62. The van der Waals surface area contributed by atoms with E-state index >= 15 is 0 Å². The van der Waals surface area contributed by atoms with Crippen molar-refractivity contribution in [2.45, 2.75) is 19.8 Å². The van der Waals surface area contributed by atoms with E-state index in [2.05, 4.69) is 20.2 Å². The average molecular weight is 374 g/mol. The van der Waals surface area contributed by atoms with Gasteiger partial charge in [0.25, 0.3) is 5.56 Å². The van der Waals surface area contributed by atoms with E-state index in [4.69, 9.17) is 17.0 Å². The second kappa shape index (κ2) is 8.29. The molecule has 0 unspecified atom stereocenters. The van der Waals surface area contributed by atoms with Crippen LogP contribution in [0.25, 0.3) is 0 Å². The van der Waals surface area contributed by atoms with Crippen LogP contribution in [0.4, 0.5) is 11.4 Å². The van der Waals surface area contributed by atoms with Crippen molar-refractivity contribution in [3.05, 3.63) is 50.6 Å². The van der Waals surface area contributed by atoms with Crippen LogP contribution in [0.1, 0.15) is 17.7 Å². The number of aryl methyl sites for hydroxylation is 1. The third-order valence-corrected chi connectivity index (χ3v) is 4.59. The van der Waals surface area contributed by atoms with Crippen LogP contribution in [0.15, 0.2) is 29.1 Å². The van der Waals surface area contributed by atoms with Gasteiger partial charge in [-0.05, 0) is 49.8 Å². The van der Waals surface area contributed by atoms with E-state index in [9.17, 15) is 9.59 Å². The Hall–Kier alpha value is -2.45. The highest BCUT2D eigenvalue weighted by molar-refractivity contribution is 7.71. The SMILES string of the molecule is Cc1[nH]c(=S)[nH]c(=O)c1CCC(=O)Nc1ccc(N2CCOCC2)cc1. The standard InChI is InChI=1S/C18H22N4O3S/c1-12-15(17(24)21-18(26)19-12)6-7-16(23)20-13-2-4-14(5-3-13)22-8-10-25-11-9-22/h2-5H,6-11H2,1H3,(H,20,23)(H2,19,21,24,26). The molecule has 7 nitrogen and oxygen atoms in total. The predicted molar refractivity (Wildman–Crippen MR) is 103 cm³/mol. The molecule has 138 valence electrons. The fourth-order valence-corrected chi connectivity index (χ4v) is 3.21. The highest BCUT2D eigenvalue weighted by Gasteiger charge is 2.12. The Morgan fingerprint density at radius 1 is 1.23 bits per heavy atom. The summed E-state index contributed by atoms with van der Waals surface area (Å²) in [6, 6.07) is 7.77. The molecular weight excluding hydrogens is 352 g/mol. The zero-order chi connectivity index (χ0) is 18.5. The Balaban J connectivity index is 1.56. The van der Waals surface area contributed by atoms with Gasteiger partial charge in [-0.3, -0.25) is 14.6 Å². The number of carbonyl (C=O) groups excluding carboxylic acids is 1. The first-order valence-corrected chi connectivity index (χ1v) is 8.98. The van der Waals surface area contributed by atoms with Crippen LogP contribution >= 0.6 is 12.2 Å². The first kappa shape index (κ1) is 18.3. The summed E-state index contributed by atoms with van der Waals surface area (Å²) in [6.45, 7) is 5.00. The van der Waals surface area contributed by atoms with Crippen LogP contribution < -0.4 is 15.8 Å². The van der Waals surface area contributed by atoms with Crippen LogP contribution in [0, 0.1) is 11.7 Å². The smallest absolute Gasteiger partial charge is 0.255 e. The predicted octanol–water partition coefficient (Wildman–Crippen LogP) is 2.15. The number of nitrogens with zero attached hydrogens (tertiary/aromatic N) is 1. The molecule has 0 atom stereocenters. The van der Waals surface area contributed by atoms with E-state index in [1.54, 1.807) is 6.92 Å². The summed E-state index contributed by atoms with van der Waals surface area (Å²) < 4.78 is 5.65. The van der Waals surface area contributed by atoms with E-state index in [0.29, 0.717) is 22.4 Å². The van der Waals surface area contributed by atoms with Gasteiger partial charge in [-0.25, -0.2) is 0 Å². The van der Waals surface area contributed by atoms with Gasteiger partial charge in [0.2, 0.25) is 5.91 Å². The lowest BCUT2D eigenvalue weighted by Crippen LogP contribution is -2.36. The zero-order valence-corrected chi connectivity index (χ0v) is 15.4. The summed E-state index contributed by atoms with van der Waals surface area (Å²) in [6.07, 6.45) is 0.574. The molecule has 1 aromatic carbocycles. The molecule has 3 N–H and O–H groups in total. The van der Waals surface area contributed by atoms with Crippen molar-refractivity contribution in [2.75, 3.05) is 36.5 Å². The van der Waals surface area contributed by atoms with Crippen LogP contribution in [0.5, 0.6) is 0 Å². The number of ether oxygens (including phenoxy) is 1. The molecular formula is C18H22N4O3S. The monoisotopic (exact) mass is 374 g/mol. The maximum Gasteiger partial charge on any atom is 0.255 e. The molecule has 0 aliphatic carbocycles.